The number of hydrogen-bond acceptors (Lipinski definition) is 1. The second kappa shape index (κ2) is 7.26. The Morgan fingerprint density at radius 3 is 2.59 bits per heavy atom. The maximum Gasteiger partial charge on any atom is 0.189 e. The Bertz CT molecular complexity index is 774. The van der Waals surface area contributed by atoms with Crippen LogP contribution in [0.25, 0.3) is 10.9 Å². The minimum absolute atomic E-state index is 0.110. The van der Waals surface area contributed by atoms with Gasteiger partial charge in [-0.3, -0.25) is 4.79 Å². The van der Waals surface area contributed by atoms with E-state index in [1.165, 1.54) is 11.1 Å². The Balaban J connectivity index is 2.20. The van der Waals surface area contributed by atoms with Crippen LogP contribution in [-0.4, -0.2) is 4.57 Å². The molecule has 2 heteroatoms. The van der Waals surface area contributed by atoms with E-state index in [-0.39, 0.29) is 5.43 Å². The zero-order valence-corrected chi connectivity index (χ0v) is 14.0. The predicted molar refractivity (Wildman–Crippen MR) is 95.3 cm³/mol. The monoisotopic (exact) mass is 295 g/mol. The van der Waals surface area contributed by atoms with Gasteiger partial charge in [0.1, 0.15) is 0 Å². The molecule has 2 aromatic rings. The number of aromatic nitrogens is 1. The first-order chi connectivity index (χ1) is 10.5. The standard InChI is InChI=1S/C20H25NO/c1-15(2)8-7-9-16(3)12-13-17-14-20(22)18-10-5-6-11-19(18)21(17)4/h5-6,8,10-12,14H,7,9,13H2,1-4H3. The van der Waals surface area contributed by atoms with Crippen LogP contribution in [0.1, 0.15) is 39.3 Å². The summed E-state index contributed by atoms with van der Waals surface area (Å²) in [5, 5.41) is 0.790. The molecule has 1 aromatic carbocycles. The van der Waals surface area contributed by atoms with Crippen LogP contribution in [0.5, 0.6) is 0 Å². The van der Waals surface area contributed by atoms with Gasteiger partial charge in [-0.2, -0.15) is 0 Å². The first-order valence-electron chi connectivity index (χ1n) is 7.85. The first kappa shape index (κ1) is 16.3. The molecule has 0 aliphatic carbocycles. The van der Waals surface area contributed by atoms with Crippen LogP contribution in [-0.2, 0) is 13.5 Å². The molecule has 0 saturated carbocycles. The predicted octanol–water partition coefficient (Wildman–Crippen LogP) is 4.77. The Morgan fingerprint density at radius 1 is 1.14 bits per heavy atom. The van der Waals surface area contributed by atoms with Crippen LogP contribution in [0.15, 0.2) is 58.4 Å². The van der Waals surface area contributed by atoms with E-state index in [9.17, 15) is 4.79 Å². The molecule has 0 bridgehead atoms. The highest BCUT2D eigenvalue weighted by atomic mass is 16.1. The van der Waals surface area contributed by atoms with Crippen LogP contribution in [0.3, 0.4) is 0 Å². The van der Waals surface area contributed by atoms with E-state index in [1.54, 1.807) is 6.07 Å². The van der Waals surface area contributed by atoms with E-state index < -0.39 is 0 Å². The zero-order valence-electron chi connectivity index (χ0n) is 14.0. The van der Waals surface area contributed by atoms with Gasteiger partial charge in [-0.15, -0.1) is 0 Å². The van der Waals surface area contributed by atoms with Gasteiger partial charge in [0.2, 0.25) is 0 Å². The van der Waals surface area contributed by atoms with Crippen LogP contribution >= 0.6 is 0 Å². The molecule has 2 nitrogen and oxygen atoms in total. The molecule has 0 atom stereocenters. The van der Waals surface area contributed by atoms with E-state index in [4.69, 9.17) is 0 Å². The quantitative estimate of drug-likeness (QED) is 0.728. The Hall–Kier alpha value is -2.09. The molecule has 0 fully saturated rings. The molecule has 0 radical (unpaired) electrons. The van der Waals surface area contributed by atoms with Crippen molar-refractivity contribution in [3.8, 4) is 0 Å². The summed E-state index contributed by atoms with van der Waals surface area (Å²) < 4.78 is 2.12. The van der Waals surface area contributed by atoms with Crippen molar-refractivity contribution in [2.24, 2.45) is 7.05 Å². The molecule has 0 N–H and O–H groups in total. The van der Waals surface area contributed by atoms with E-state index in [0.717, 1.165) is 35.9 Å². The van der Waals surface area contributed by atoms with Gasteiger partial charge in [0, 0.05) is 30.6 Å². The Kier molecular flexibility index (Phi) is 5.37. The molecule has 2 rings (SSSR count). The van der Waals surface area contributed by atoms with Gasteiger partial charge in [0.15, 0.2) is 5.43 Å². The van der Waals surface area contributed by atoms with Gasteiger partial charge >= 0.3 is 0 Å². The maximum atomic E-state index is 12.2. The molecule has 0 spiro atoms. The van der Waals surface area contributed by atoms with Gasteiger partial charge in [-0.1, -0.05) is 35.4 Å². The molecule has 22 heavy (non-hydrogen) atoms. The van der Waals surface area contributed by atoms with Crippen LogP contribution < -0.4 is 5.43 Å². The van der Waals surface area contributed by atoms with Crippen molar-refractivity contribution in [1.29, 1.82) is 0 Å². The number of para-hydroxylation sites is 1. The smallest absolute Gasteiger partial charge is 0.189 e. The summed E-state index contributed by atoms with van der Waals surface area (Å²) in [5.74, 6) is 0. The van der Waals surface area contributed by atoms with Crippen LogP contribution in [0, 0.1) is 0 Å². The van der Waals surface area contributed by atoms with E-state index in [0.29, 0.717) is 0 Å². The van der Waals surface area contributed by atoms with Gasteiger partial charge in [0.05, 0.1) is 5.52 Å². The molecule has 1 aromatic heterocycles. The summed E-state index contributed by atoms with van der Waals surface area (Å²) in [6.07, 6.45) is 7.47. The molecule has 0 saturated heterocycles. The molecular weight excluding hydrogens is 270 g/mol. The Labute approximate surface area is 132 Å². The summed E-state index contributed by atoms with van der Waals surface area (Å²) in [4.78, 5) is 12.2. The third-order valence-corrected chi connectivity index (χ3v) is 4.01. The normalized spacial score (nSPS) is 11.7. The molecule has 0 aliphatic rings. The number of hydrogen-bond donors (Lipinski definition) is 0. The van der Waals surface area contributed by atoms with Crippen molar-refractivity contribution in [1.82, 2.24) is 4.57 Å². The van der Waals surface area contributed by atoms with Gasteiger partial charge in [0.25, 0.3) is 0 Å². The second-order valence-electron chi connectivity index (χ2n) is 6.15. The second-order valence-corrected chi connectivity index (χ2v) is 6.15. The minimum Gasteiger partial charge on any atom is -0.347 e. The number of nitrogens with zero attached hydrogens (tertiary/aromatic N) is 1. The van der Waals surface area contributed by atoms with Gasteiger partial charge < -0.3 is 4.57 Å². The Morgan fingerprint density at radius 2 is 1.86 bits per heavy atom. The average molecular weight is 295 g/mol. The summed E-state index contributed by atoms with van der Waals surface area (Å²) >= 11 is 0. The van der Waals surface area contributed by atoms with Crippen molar-refractivity contribution in [3.05, 3.63) is 69.5 Å². The third-order valence-electron chi connectivity index (χ3n) is 4.01. The summed E-state index contributed by atoms with van der Waals surface area (Å²) in [6, 6.07) is 9.55. The molecule has 1 heterocycles. The maximum absolute atomic E-state index is 12.2. The molecule has 0 amide bonds. The fourth-order valence-electron chi connectivity index (χ4n) is 2.62. The van der Waals surface area contributed by atoms with Crippen molar-refractivity contribution in [2.45, 2.75) is 40.0 Å². The number of allylic oxidation sites excluding steroid dienone is 4. The fraction of sp³-hybridized carbons (Fsp3) is 0.350. The van der Waals surface area contributed by atoms with Crippen molar-refractivity contribution >= 4 is 10.9 Å². The highest BCUT2D eigenvalue weighted by molar-refractivity contribution is 5.79. The van der Waals surface area contributed by atoms with Crippen molar-refractivity contribution in [2.75, 3.05) is 0 Å². The van der Waals surface area contributed by atoms with Crippen molar-refractivity contribution < 1.29 is 0 Å². The lowest BCUT2D eigenvalue weighted by atomic mass is 10.1. The highest BCUT2D eigenvalue weighted by Crippen LogP contribution is 2.13. The van der Waals surface area contributed by atoms with E-state index in [1.807, 2.05) is 31.3 Å². The summed E-state index contributed by atoms with van der Waals surface area (Å²) in [5.41, 5.74) is 4.91. The topological polar surface area (TPSA) is 22.0 Å². The number of benzene rings is 1. The van der Waals surface area contributed by atoms with E-state index >= 15 is 0 Å². The molecule has 0 unspecified atom stereocenters. The van der Waals surface area contributed by atoms with E-state index in [2.05, 4.69) is 37.5 Å². The first-order valence-corrected chi connectivity index (χ1v) is 7.85. The molecule has 0 aliphatic heterocycles. The molecule has 116 valence electrons. The largest absolute Gasteiger partial charge is 0.347 e. The molecular formula is C20H25NO. The van der Waals surface area contributed by atoms with Crippen LogP contribution in [0.4, 0.5) is 0 Å². The summed E-state index contributed by atoms with van der Waals surface area (Å²) in [7, 11) is 2.03. The number of rotatable bonds is 5. The van der Waals surface area contributed by atoms with Crippen LogP contribution in [0.2, 0.25) is 0 Å². The lowest BCUT2D eigenvalue weighted by molar-refractivity contribution is 0.862. The van der Waals surface area contributed by atoms with Gasteiger partial charge in [-0.25, -0.2) is 0 Å². The SMILES string of the molecule is CC(C)=CCCC(C)=CCc1cc(=O)c2ccccc2n1C. The third kappa shape index (κ3) is 3.97. The zero-order chi connectivity index (χ0) is 16.1. The fourth-order valence-corrected chi connectivity index (χ4v) is 2.62. The van der Waals surface area contributed by atoms with Crippen molar-refractivity contribution in [3.63, 3.8) is 0 Å². The van der Waals surface area contributed by atoms with Gasteiger partial charge in [-0.05, 0) is 45.7 Å². The number of pyridine rings is 1. The minimum atomic E-state index is 0.110. The average Bonchev–Trinajstić information content (AvgIpc) is 2.49. The highest BCUT2D eigenvalue weighted by Gasteiger charge is 2.04. The summed E-state index contributed by atoms with van der Waals surface area (Å²) in [6.45, 7) is 6.42. The number of fused-ring (bicyclic) bond motifs is 1. The number of aryl methyl sites for hydroxylation is 1. The lowest BCUT2D eigenvalue weighted by Crippen LogP contribution is -2.11. The lowest BCUT2D eigenvalue weighted by Gasteiger charge is -2.11.